The van der Waals surface area contributed by atoms with Crippen molar-refractivity contribution in [1.29, 1.82) is 0 Å². The van der Waals surface area contributed by atoms with Crippen molar-refractivity contribution < 1.29 is 19.1 Å². The number of hydrogen-bond acceptors (Lipinski definition) is 6. The fraction of sp³-hybridized carbons (Fsp3) is 0.312. The Morgan fingerprint density at radius 1 is 0.667 bits per heavy atom. The summed E-state index contributed by atoms with van der Waals surface area (Å²) in [6.07, 6.45) is 3.05. The Bertz CT molecular complexity index is 1350. The minimum absolute atomic E-state index is 0.0155. The molecule has 0 radical (unpaired) electrons. The van der Waals surface area contributed by atoms with Crippen LogP contribution in [0.15, 0.2) is 79.8 Å². The Hall–Kier alpha value is -3.50. The third kappa shape index (κ3) is 10.4. The summed E-state index contributed by atoms with van der Waals surface area (Å²) in [6.45, 7) is 12.5. The lowest BCUT2D eigenvalue weighted by Gasteiger charge is -2.20. The Balaban J connectivity index is 1.40. The standard InChI is InChI=1S/C32H36Br2N4O4/c1-31(2,3)23-11-13-27(25(33)15-23)41-19-29(39)37-35-17-21-7-9-22(10-8-21)18-36-38-30(40)20-42-28-14-12-24(16-26(28)34)32(4,5)6/h7-18H,19-20H2,1-6H3,(H,37,39)(H,38,40)/b35-17+,36-18+. The molecule has 0 unspecified atom stereocenters. The molecule has 3 aromatic rings. The molecule has 10 heteroatoms. The molecule has 0 heterocycles. The van der Waals surface area contributed by atoms with E-state index in [1.807, 2.05) is 60.7 Å². The molecular weight excluding hydrogens is 664 g/mol. The van der Waals surface area contributed by atoms with Gasteiger partial charge in [-0.05, 0) is 89.2 Å². The minimum Gasteiger partial charge on any atom is -0.483 e. The lowest BCUT2D eigenvalue weighted by molar-refractivity contribution is -0.123. The van der Waals surface area contributed by atoms with Crippen LogP contribution in [0.25, 0.3) is 0 Å². The molecule has 0 aliphatic rings. The molecule has 0 spiro atoms. The van der Waals surface area contributed by atoms with Gasteiger partial charge in [-0.3, -0.25) is 9.59 Å². The van der Waals surface area contributed by atoms with E-state index in [2.05, 4.69) is 94.5 Å². The summed E-state index contributed by atoms with van der Waals surface area (Å²) in [5.74, 6) is 0.413. The number of ether oxygens (including phenoxy) is 2. The zero-order valence-electron chi connectivity index (χ0n) is 24.6. The van der Waals surface area contributed by atoms with E-state index in [-0.39, 0.29) is 35.9 Å². The first-order valence-corrected chi connectivity index (χ1v) is 14.9. The topological polar surface area (TPSA) is 101 Å². The number of nitrogens with zero attached hydrogens (tertiary/aromatic N) is 2. The Kier molecular flexibility index (Phi) is 11.5. The highest BCUT2D eigenvalue weighted by Crippen LogP contribution is 2.32. The molecule has 0 aliphatic heterocycles. The Morgan fingerprint density at radius 3 is 1.33 bits per heavy atom. The van der Waals surface area contributed by atoms with Crippen molar-refractivity contribution in [1.82, 2.24) is 10.9 Å². The molecule has 0 saturated carbocycles. The average Bonchev–Trinajstić information content (AvgIpc) is 2.91. The molecule has 42 heavy (non-hydrogen) atoms. The van der Waals surface area contributed by atoms with Crippen LogP contribution in [0.2, 0.25) is 0 Å². The lowest BCUT2D eigenvalue weighted by atomic mass is 9.87. The van der Waals surface area contributed by atoms with Gasteiger partial charge in [0.1, 0.15) is 11.5 Å². The van der Waals surface area contributed by atoms with Crippen molar-refractivity contribution in [3.05, 3.63) is 91.9 Å². The van der Waals surface area contributed by atoms with Gasteiger partial charge in [-0.1, -0.05) is 77.9 Å². The highest BCUT2D eigenvalue weighted by atomic mass is 79.9. The van der Waals surface area contributed by atoms with Crippen LogP contribution in [0.1, 0.15) is 63.8 Å². The summed E-state index contributed by atoms with van der Waals surface area (Å²) in [5, 5.41) is 7.96. The van der Waals surface area contributed by atoms with Gasteiger partial charge in [0.05, 0.1) is 21.4 Å². The quantitative estimate of drug-likeness (QED) is 0.178. The fourth-order valence-corrected chi connectivity index (χ4v) is 4.53. The second kappa shape index (κ2) is 14.6. The van der Waals surface area contributed by atoms with Crippen LogP contribution >= 0.6 is 31.9 Å². The predicted molar refractivity (Wildman–Crippen MR) is 175 cm³/mol. The van der Waals surface area contributed by atoms with E-state index in [9.17, 15) is 9.59 Å². The maximum atomic E-state index is 12.1. The number of nitrogens with one attached hydrogen (secondary N) is 2. The first kappa shape index (κ1) is 33.0. The lowest BCUT2D eigenvalue weighted by Crippen LogP contribution is -2.24. The number of amides is 2. The average molecular weight is 700 g/mol. The number of benzene rings is 3. The van der Waals surface area contributed by atoms with Gasteiger partial charge < -0.3 is 9.47 Å². The zero-order chi connectivity index (χ0) is 30.9. The van der Waals surface area contributed by atoms with Gasteiger partial charge in [0.15, 0.2) is 13.2 Å². The largest absolute Gasteiger partial charge is 0.483 e. The number of carbonyl (C=O) groups is 2. The highest BCUT2D eigenvalue weighted by Gasteiger charge is 2.17. The molecule has 222 valence electrons. The van der Waals surface area contributed by atoms with Gasteiger partial charge in [-0.15, -0.1) is 0 Å². The van der Waals surface area contributed by atoms with E-state index in [0.717, 1.165) is 31.2 Å². The zero-order valence-corrected chi connectivity index (χ0v) is 27.8. The van der Waals surface area contributed by atoms with Gasteiger partial charge in [0, 0.05) is 0 Å². The summed E-state index contributed by atoms with van der Waals surface area (Å²) in [4.78, 5) is 24.3. The van der Waals surface area contributed by atoms with Crippen molar-refractivity contribution in [2.75, 3.05) is 13.2 Å². The molecule has 8 nitrogen and oxygen atoms in total. The van der Waals surface area contributed by atoms with Crippen LogP contribution in [-0.4, -0.2) is 37.5 Å². The van der Waals surface area contributed by atoms with Gasteiger partial charge in [-0.2, -0.15) is 10.2 Å². The third-order valence-corrected chi connectivity index (χ3v) is 7.29. The van der Waals surface area contributed by atoms with Crippen LogP contribution in [0.3, 0.4) is 0 Å². The van der Waals surface area contributed by atoms with E-state index < -0.39 is 0 Å². The molecule has 0 saturated heterocycles. The number of halogens is 2. The third-order valence-electron chi connectivity index (χ3n) is 6.06. The SMILES string of the molecule is CC(C)(C)c1ccc(OCC(=O)N/N=C/c2ccc(/C=N/NC(=O)COc3ccc(C(C)(C)C)cc3Br)cc2)c(Br)c1. The summed E-state index contributed by atoms with van der Waals surface area (Å²) >= 11 is 7.01. The van der Waals surface area contributed by atoms with Crippen LogP contribution in [-0.2, 0) is 20.4 Å². The molecule has 2 N–H and O–H groups in total. The van der Waals surface area contributed by atoms with Crippen LogP contribution < -0.4 is 20.3 Å². The maximum Gasteiger partial charge on any atom is 0.277 e. The first-order valence-electron chi connectivity index (χ1n) is 13.3. The molecule has 0 atom stereocenters. The first-order chi connectivity index (χ1) is 19.7. The van der Waals surface area contributed by atoms with Crippen molar-refractivity contribution >= 4 is 56.1 Å². The van der Waals surface area contributed by atoms with E-state index in [4.69, 9.17) is 9.47 Å². The Morgan fingerprint density at radius 2 is 1.02 bits per heavy atom. The smallest absolute Gasteiger partial charge is 0.277 e. The van der Waals surface area contributed by atoms with Gasteiger partial charge >= 0.3 is 0 Å². The fourth-order valence-electron chi connectivity index (χ4n) is 3.55. The molecule has 0 bridgehead atoms. The van der Waals surface area contributed by atoms with E-state index >= 15 is 0 Å². The monoisotopic (exact) mass is 698 g/mol. The van der Waals surface area contributed by atoms with Gasteiger partial charge in [0.25, 0.3) is 11.8 Å². The van der Waals surface area contributed by atoms with E-state index in [1.165, 1.54) is 12.4 Å². The minimum atomic E-state index is -0.379. The van der Waals surface area contributed by atoms with Crippen LogP contribution in [0, 0.1) is 0 Å². The maximum absolute atomic E-state index is 12.1. The summed E-state index contributed by atoms with van der Waals surface area (Å²) < 4.78 is 12.8. The van der Waals surface area contributed by atoms with Crippen LogP contribution in [0.5, 0.6) is 11.5 Å². The molecule has 3 aromatic carbocycles. The van der Waals surface area contributed by atoms with Crippen LogP contribution in [0.4, 0.5) is 0 Å². The highest BCUT2D eigenvalue weighted by molar-refractivity contribution is 9.10. The Labute approximate surface area is 264 Å². The van der Waals surface area contributed by atoms with Crippen molar-refractivity contribution in [2.24, 2.45) is 10.2 Å². The number of hydrazone groups is 2. The molecular formula is C32H36Br2N4O4. The number of carbonyl (C=O) groups excluding carboxylic acids is 2. The van der Waals surface area contributed by atoms with Gasteiger partial charge in [-0.25, -0.2) is 10.9 Å². The molecule has 2 amide bonds. The number of hydrogen-bond donors (Lipinski definition) is 2. The summed E-state index contributed by atoms with van der Waals surface area (Å²) in [5.41, 5.74) is 8.81. The molecule has 0 aliphatic carbocycles. The normalized spacial score (nSPS) is 12.0. The second-order valence-electron chi connectivity index (χ2n) is 11.6. The van der Waals surface area contributed by atoms with Crippen molar-refractivity contribution in [3.63, 3.8) is 0 Å². The van der Waals surface area contributed by atoms with E-state index in [0.29, 0.717) is 11.5 Å². The number of rotatable bonds is 10. The molecule has 0 fully saturated rings. The molecule has 0 aromatic heterocycles. The van der Waals surface area contributed by atoms with Crippen molar-refractivity contribution in [2.45, 2.75) is 52.4 Å². The summed E-state index contributed by atoms with van der Waals surface area (Å²) in [6, 6.07) is 18.9. The summed E-state index contributed by atoms with van der Waals surface area (Å²) in [7, 11) is 0. The van der Waals surface area contributed by atoms with E-state index in [1.54, 1.807) is 0 Å². The van der Waals surface area contributed by atoms with Crippen molar-refractivity contribution in [3.8, 4) is 11.5 Å². The van der Waals surface area contributed by atoms with Gasteiger partial charge in [0.2, 0.25) is 0 Å². The predicted octanol–water partition coefficient (Wildman–Crippen LogP) is 6.86. The second-order valence-corrected chi connectivity index (χ2v) is 13.3. The molecule has 3 rings (SSSR count).